The van der Waals surface area contributed by atoms with Crippen LogP contribution in [0, 0.1) is 0 Å². The first-order chi connectivity index (χ1) is 8.03. The lowest BCUT2D eigenvalue weighted by atomic mass is 10.2. The van der Waals surface area contributed by atoms with E-state index >= 15 is 0 Å². The van der Waals surface area contributed by atoms with Crippen LogP contribution in [0.25, 0.3) is 0 Å². The Morgan fingerprint density at radius 2 is 1.89 bits per heavy atom. The summed E-state index contributed by atoms with van der Waals surface area (Å²) in [5.74, 6) is -2.57. The molecule has 104 valence electrons. The molecule has 0 aromatic carbocycles. The van der Waals surface area contributed by atoms with Gasteiger partial charge < -0.3 is 21.1 Å². The number of nitrogens with zero attached hydrogens (tertiary/aromatic N) is 1. The summed E-state index contributed by atoms with van der Waals surface area (Å²) in [5.41, 5.74) is 4.74. The van der Waals surface area contributed by atoms with Gasteiger partial charge in [0.15, 0.2) is 0 Å². The number of amides is 3. The van der Waals surface area contributed by atoms with Crippen LogP contribution < -0.4 is 11.1 Å². The van der Waals surface area contributed by atoms with E-state index in [1.54, 1.807) is 5.32 Å². The molecule has 0 heterocycles. The normalized spacial score (nSPS) is 12.7. The average molecular weight is 271 g/mol. The second-order valence-corrected chi connectivity index (χ2v) is 3.48. The number of nitrogens with one attached hydrogen (secondary N) is 1. The molecule has 0 rings (SSSR count). The van der Waals surface area contributed by atoms with Crippen LogP contribution in [-0.2, 0) is 9.59 Å². The van der Waals surface area contributed by atoms with Crippen molar-refractivity contribution in [2.45, 2.75) is 18.6 Å². The zero-order valence-corrected chi connectivity index (χ0v) is 9.32. The molecule has 0 unspecified atom stereocenters. The number of carboxylic acids is 1. The minimum absolute atomic E-state index is 0.247. The van der Waals surface area contributed by atoms with Crippen molar-refractivity contribution in [3.8, 4) is 0 Å². The van der Waals surface area contributed by atoms with E-state index in [-0.39, 0.29) is 4.90 Å². The van der Waals surface area contributed by atoms with Crippen LogP contribution in [0.3, 0.4) is 0 Å². The Hall–Kier alpha value is -2.00. The van der Waals surface area contributed by atoms with Crippen molar-refractivity contribution < 1.29 is 32.7 Å². The first-order valence-electron chi connectivity index (χ1n) is 4.62. The van der Waals surface area contributed by atoms with Gasteiger partial charge in [0.2, 0.25) is 5.91 Å². The number of halogens is 3. The zero-order valence-electron chi connectivity index (χ0n) is 9.32. The van der Waals surface area contributed by atoms with Crippen molar-refractivity contribution in [1.29, 1.82) is 0 Å². The van der Waals surface area contributed by atoms with E-state index in [4.69, 9.17) is 10.8 Å². The summed E-state index contributed by atoms with van der Waals surface area (Å²) in [6.07, 6.45) is -5.31. The molecule has 0 spiro atoms. The molecule has 0 radical (unpaired) electrons. The van der Waals surface area contributed by atoms with Crippen molar-refractivity contribution in [2.24, 2.45) is 5.73 Å². The Kier molecular flexibility index (Phi) is 5.40. The van der Waals surface area contributed by atoms with Gasteiger partial charge in [0.05, 0.1) is 6.42 Å². The van der Waals surface area contributed by atoms with Gasteiger partial charge in [-0.05, 0) is 0 Å². The fraction of sp³-hybridized carbons (Fsp3) is 0.625. The van der Waals surface area contributed by atoms with Gasteiger partial charge in [-0.15, -0.1) is 0 Å². The van der Waals surface area contributed by atoms with Crippen molar-refractivity contribution in [1.82, 2.24) is 10.2 Å². The van der Waals surface area contributed by atoms with Crippen LogP contribution in [0.1, 0.15) is 6.42 Å². The molecule has 0 aliphatic heterocycles. The fourth-order valence-corrected chi connectivity index (χ4v) is 1.00. The summed E-state index contributed by atoms with van der Waals surface area (Å²) in [5, 5.41) is 10.4. The SMILES string of the molecule is CN(CC(F)(F)F)C(=O)N[C@H](CC(N)=O)C(=O)O. The Balaban J connectivity index is 4.50. The van der Waals surface area contributed by atoms with Crippen molar-refractivity contribution in [2.75, 3.05) is 13.6 Å². The molecule has 0 aliphatic rings. The minimum atomic E-state index is -4.60. The number of carboxylic acid groups (broad SMARTS) is 1. The first-order valence-corrected chi connectivity index (χ1v) is 4.62. The third-order valence-corrected chi connectivity index (χ3v) is 1.76. The Labute approximate surface area is 99.7 Å². The van der Waals surface area contributed by atoms with Crippen LogP contribution >= 0.6 is 0 Å². The molecule has 4 N–H and O–H groups in total. The molecule has 7 nitrogen and oxygen atoms in total. The van der Waals surface area contributed by atoms with E-state index in [9.17, 15) is 27.6 Å². The second kappa shape index (κ2) is 6.07. The van der Waals surface area contributed by atoms with Crippen LogP contribution in [0.5, 0.6) is 0 Å². The number of aliphatic carboxylic acids is 1. The molecule has 18 heavy (non-hydrogen) atoms. The quantitative estimate of drug-likeness (QED) is 0.626. The number of carbonyl (C=O) groups excluding carboxylic acids is 2. The fourth-order valence-electron chi connectivity index (χ4n) is 1.00. The highest BCUT2D eigenvalue weighted by Gasteiger charge is 2.32. The lowest BCUT2D eigenvalue weighted by Gasteiger charge is -2.21. The number of urea groups is 1. The number of rotatable bonds is 5. The van der Waals surface area contributed by atoms with Crippen molar-refractivity contribution in [3.63, 3.8) is 0 Å². The van der Waals surface area contributed by atoms with E-state index in [0.29, 0.717) is 0 Å². The molecule has 1 atom stereocenters. The lowest BCUT2D eigenvalue weighted by molar-refractivity contribution is -0.141. The molecule has 0 aromatic rings. The molecule has 0 aromatic heterocycles. The van der Waals surface area contributed by atoms with Crippen molar-refractivity contribution >= 4 is 17.9 Å². The van der Waals surface area contributed by atoms with Crippen LogP contribution in [0.2, 0.25) is 0 Å². The van der Waals surface area contributed by atoms with Gasteiger partial charge in [0.1, 0.15) is 12.6 Å². The van der Waals surface area contributed by atoms with E-state index in [1.807, 2.05) is 0 Å². The van der Waals surface area contributed by atoms with Gasteiger partial charge in [0.25, 0.3) is 0 Å². The summed E-state index contributed by atoms with van der Waals surface area (Å²) < 4.78 is 35.9. The lowest BCUT2D eigenvalue weighted by Crippen LogP contribution is -2.50. The van der Waals surface area contributed by atoms with Crippen LogP contribution in [0.4, 0.5) is 18.0 Å². The van der Waals surface area contributed by atoms with E-state index in [2.05, 4.69) is 0 Å². The maximum absolute atomic E-state index is 12.0. The maximum Gasteiger partial charge on any atom is 0.406 e. The summed E-state index contributed by atoms with van der Waals surface area (Å²) in [6, 6.07) is -2.92. The summed E-state index contributed by atoms with van der Waals surface area (Å²) >= 11 is 0. The largest absolute Gasteiger partial charge is 0.480 e. The standard InChI is InChI=1S/C8H12F3N3O4/c1-14(3-8(9,10)11)7(18)13-4(6(16)17)2-5(12)15/h4H,2-3H2,1H3,(H2,12,15)(H,13,18)(H,16,17)/t4-/m1/s1. The molecular formula is C8H12F3N3O4. The molecule has 3 amide bonds. The average Bonchev–Trinajstić information content (AvgIpc) is 2.12. The Bertz CT molecular complexity index is 345. The smallest absolute Gasteiger partial charge is 0.406 e. The highest BCUT2D eigenvalue weighted by molar-refractivity contribution is 5.87. The van der Waals surface area contributed by atoms with E-state index in [0.717, 1.165) is 7.05 Å². The predicted octanol–water partition coefficient (Wildman–Crippen LogP) is -0.481. The first kappa shape index (κ1) is 16.0. The number of carbonyl (C=O) groups is 3. The summed E-state index contributed by atoms with van der Waals surface area (Å²) in [6.45, 7) is -1.54. The van der Waals surface area contributed by atoms with E-state index in [1.165, 1.54) is 0 Å². The molecule has 0 fully saturated rings. The van der Waals surface area contributed by atoms with Crippen LogP contribution in [-0.4, -0.2) is 53.7 Å². The molecule has 0 bridgehead atoms. The molecule has 0 saturated heterocycles. The monoisotopic (exact) mass is 271 g/mol. The highest BCUT2D eigenvalue weighted by atomic mass is 19.4. The highest BCUT2D eigenvalue weighted by Crippen LogP contribution is 2.15. The van der Waals surface area contributed by atoms with Gasteiger partial charge in [-0.2, -0.15) is 13.2 Å². The summed E-state index contributed by atoms with van der Waals surface area (Å²) in [7, 11) is 0.839. The number of alkyl halides is 3. The maximum atomic E-state index is 12.0. The Morgan fingerprint density at radius 3 is 2.22 bits per heavy atom. The number of nitrogens with two attached hydrogens (primary N) is 1. The number of hydrogen-bond donors (Lipinski definition) is 3. The third kappa shape index (κ3) is 6.55. The second-order valence-electron chi connectivity index (χ2n) is 3.48. The molecule has 10 heteroatoms. The van der Waals surface area contributed by atoms with Gasteiger partial charge in [-0.3, -0.25) is 4.79 Å². The Morgan fingerprint density at radius 1 is 1.39 bits per heavy atom. The van der Waals surface area contributed by atoms with Crippen LogP contribution in [0.15, 0.2) is 0 Å². The molecule has 0 saturated carbocycles. The zero-order chi connectivity index (χ0) is 14.5. The minimum Gasteiger partial charge on any atom is -0.480 e. The van der Waals surface area contributed by atoms with Gasteiger partial charge in [-0.1, -0.05) is 0 Å². The van der Waals surface area contributed by atoms with Gasteiger partial charge in [-0.25, -0.2) is 9.59 Å². The van der Waals surface area contributed by atoms with Gasteiger partial charge >= 0.3 is 18.2 Å². The molecule has 0 aliphatic carbocycles. The van der Waals surface area contributed by atoms with E-state index < -0.39 is 43.1 Å². The number of hydrogen-bond acceptors (Lipinski definition) is 3. The predicted molar refractivity (Wildman–Crippen MR) is 52.5 cm³/mol. The topological polar surface area (TPSA) is 113 Å². The number of primary amides is 1. The third-order valence-electron chi connectivity index (χ3n) is 1.76. The van der Waals surface area contributed by atoms with Gasteiger partial charge in [0, 0.05) is 7.05 Å². The molecular weight excluding hydrogens is 259 g/mol. The summed E-state index contributed by atoms with van der Waals surface area (Å²) in [4.78, 5) is 32.6. The van der Waals surface area contributed by atoms with Crippen molar-refractivity contribution in [3.05, 3.63) is 0 Å².